The van der Waals surface area contributed by atoms with E-state index in [4.69, 9.17) is 5.11 Å². The van der Waals surface area contributed by atoms with Crippen molar-refractivity contribution in [3.63, 3.8) is 0 Å². The Bertz CT molecular complexity index is 1200. The lowest BCUT2D eigenvalue weighted by Crippen LogP contribution is -2.38. The van der Waals surface area contributed by atoms with Gasteiger partial charge in [-0.15, -0.1) is 0 Å². The SMILES string of the molecule is O=C(O)C[C@@H]1CCN(Cc2cc(C(F)(F)F)ccc2C(F)(F)F)[C@H](c2ccc(C(F)(F)F)cc2C(F)(F)F)C1. The summed E-state index contributed by atoms with van der Waals surface area (Å²) in [6, 6.07) is -0.194. The van der Waals surface area contributed by atoms with Crippen molar-refractivity contribution in [2.24, 2.45) is 5.92 Å². The number of halogens is 12. The zero-order valence-corrected chi connectivity index (χ0v) is 19.5. The average molecular weight is 581 g/mol. The van der Waals surface area contributed by atoms with E-state index in [1.807, 2.05) is 0 Å². The van der Waals surface area contributed by atoms with Crippen LogP contribution in [0.25, 0.3) is 0 Å². The molecule has 39 heavy (non-hydrogen) atoms. The number of hydrogen-bond acceptors (Lipinski definition) is 2. The second kappa shape index (κ2) is 10.5. The molecule has 1 fully saturated rings. The van der Waals surface area contributed by atoms with Crippen molar-refractivity contribution in [1.82, 2.24) is 4.90 Å². The summed E-state index contributed by atoms with van der Waals surface area (Å²) in [5.41, 5.74) is -7.94. The number of rotatable bonds is 5. The van der Waals surface area contributed by atoms with Gasteiger partial charge in [0.05, 0.1) is 22.3 Å². The van der Waals surface area contributed by atoms with Gasteiger partial charge in [-0.3, -0.25) is 9.69 Å². The first-order valence-electron chi connectivity index (χ1n) is 11.2. The third-order valence-electron chi connectivity index (χ3n) is 6.44. The van der Waals surface area contributed by atoms with Crippen molar-refractivity contribution in [1.29, 1.82) is 0 Å². The number of likely N-dealkylation sites (tertiary alicyclic amines) is 1. The molecular weight excluding hydrogens is 562 g/mol. The molecule has 216 valence electrons. The minimum absolute atomic E-state index is 0.0366. The number of carbonyl (C=O) groups is 1. The van der Waals surface area contributed by atoms with Crippen LogP contribution in [-0.2, 0) is 36.0 Å². The van der Waals surface area contributed by atoms with Crippen LogP contribution in [-0.4, -0.2) is 22.5 Å². The highest BCUT2D eigenvalue weighted by Gasteiger charge is 2.43. The molecule has 15 heteroatoms. The van der Waals surface area contributed by atoms with Gasteiger partial charge in [0.25, 0.3) is 0 Å². The van der Waals surface area contributed by atoms with Crippen molar-refractivity contribution < 1.29 is 62.6 Å². The molecule has 0 unspecified atom stereocenters. The molecule has 0 spiro atoms. The molecule has 2 aromatic rings. The lowest BCUT2D eigenvalue weighted by molar-refractivity contribution is -0.145. The third-order valence-corrected chi connectivity index (χ3v) is 6.44. The standard InChI is InChI=1S/C24H19F12NO2/c25-21(26,27)14-2-4-17(23(31,32)33)13(9-14)11-37-6-5-12(8-20(38)39)7-19(37)16-3-1-15(22(28,29)30)10-18(16)24(34,35)36/h1-4,9-10,12,19H,5-8,11H2,(H,38,39)/t12-,19+/m1/s1. The van der Waals surface area contributed by atoms with E-state index in [-0.39, 0.29) is 37.2 Å². The third kappa shape index (κ3) is 7.37. The zero-order chi connectivity index (χ0) is 29.6. The Morgan fingerprint density at radius 2 is 1.31 bits per heavy atom. The number of aliphatic carboxylic acids is 1. The van der Waals surface area contributed by atoms with Gasteiger partial charge in [-0.25, -0.2) is 0 Å². The van der Waals surface area contributed by atoms with Crippen molar-refractivity contribution in [2.75, 3.05) is 6.54 Å². The summed E-state index contributed by atoms with van der Waals surface area (Å²) in [4.78, 5) is 12.2. The van der Waals surface area contributed by atoms with Gasteiger partial charge >= 0.3 is 30.7 Å². The summed E-state index contributed by atoms with van der Waals surface area (Å²) in [5, 5.41) is 9.12. The fraction of sp³-hybridized carbons (Fsp3) is 0.458. The number of hydrogen-bond donors (Lipinski definition) is 1. The average Bonchev–Trinajstić information content (AvgIpc) is 2.76. The maximum Gasteiger partial charge on any atom is 0.416 e. The van der Waals surface area contributed by atoms with E-state index in [1.165, 1.54) is 0 Å². The van der Waals surface area contributed by atoms with Crippen LogP contribution < -0.4 is 0 Å². The number of carboxylic acids is 1. The molecule has 1 heterocycles. The molecule has 1 aliphatic heterocycles. The fourth-order valence-corrected chi connectivity index (χ4v) is 4.70. The highest BCUT2D eigenvalue weighted by atomic mass is 19.4. The molecule has 0 amide bonds. The Morgan fingerprint density at radius 3 is 1.82 bits per heavy atom. The Kier molecular flexibility index (Phi) is 8.26. The van der Waals surface area contributed by atoms with Crippen LogP contribution in [0.1, 0.15) is 58.7 Å². The molecule has 3 rings (SSSR count). The van der Waals surface area contributed by atoms with Crippen LogP contribution in [0.2, 0.25) is 0 Å². The lowest BCUT2D eigenvalue weighted by atomic mass is 9.82. The first-order valence-corrected chi connectivity index (χ1v) is 11.2. The highest BCUT2D eigenvalue weighted by Crippen LogP contribution is 2.45. The molecule has 1 N–H and O–H groups in total. The summed E-state index contributed by atoms with van der Waals surface area (Å²) in [6.45, 7) is -1.25. The van der Waals surface area contributed by atoms with Gasteiger partial charge in [-0.05, 0) is 66.8 Å². The van der Waals surface area contributed by atoms with E-state index < -0.39 is 95.4 Å². The first-order chi connectivity index (χ1) is 17.7. The second-order valence-electron chi connectivity index (χ2n) is 9.14. The molecular formula is C24H19F12NO2. The summed E-state index contributed by atoms with van der Waals surface area (Å²) in [7, 11) is 0. The van der Waals surface area contributed by atoms with Crippen molar-refractivity contribution in [3.05, 3.63) is 69.8 Å². The summed E-state index contributed by atoms with van der Waals surface area (Å²) < 4.78 is 162. The van der Waals surface area contributed by atoms with E-state index in [9.17, 15) is 57.5 Å². The number of benzene rings is 2. The van der Waals surface area contributed by atoms with Crippen LogP contribution in [0, 0.1) is 5.92 Å². The molecule has 0 aliphatic carbocycles. The number of carboxylic acid groups (broad SMARTS) is 1. The Hall–Kier alpha value is -2.97. The maximum absolute atomic E-state index is 13.9. The van der Waals surface area contributed by atoms with Crippen molar-refractivity contribution >= 4 is 5.97 Å². The summed E-state index contributed by atoms with van der Waals surface area (Å²) in [5.74, 6) is -2.12. The number of alkyl halides is 12. The minimum Gasteiger partial charge on any atom is -0.481 e. The van der Waals surface area contributed by atoms with Gasteiger partial charge in [0, 0.05) is 19.0 Å². The topological polar surface area (TPSA) is 40.5 Å². The van der Waals surface area contributed by atoms with Gasteiger partial charge in [0.2, 0.25) is 0 Å². The second-order valence-corrected chi connectivity index (χ2v) is 9.14. The van der Waals surface area contributed by atoms with E-state index in [2.05, 4.69) is 0 Å². The monoisotopic (exact) mass is 581 g/mol. The van der Waals surface area contributed by atoms with Gasteiger partial charge < -0.3 is 5.11 Å². The predicted molar refractivity (Wildman–Crippen MR) is 111 cm³/mol. The van der Waals surface area contributed by atoms with E-state index >= 15 is 0 Å². The smallest absolute Gasteiger partial charge is 0.416 e. The predicted octanol–water partition coefficient (Wildman–Crippen LogP) is 8.19. The molecule has 2 atom stereocenters. The maximum atomic E-state index is 13.9. The van der Waals surface area contributed by atoms with E-state index in [0.717, 1.165) is 4.90 Å². The van der Waals surface area contributed by atoms with E-state index in [0.29, 0.717) is 12.1 Å². The number of piperidine rings is 1. The van der Waals surface area contributed by atoms with Gasteiger partial charge in [0.1, 0.15) is 0 Å². The van der Waals surface area contributed by atoms with E-state index in [1.54, 1.807) is 0 Å². The largest absolute Gasteiger partial charge is 0.481 e. The fourth-order valence-electron chi connectivity index (χ4n) is 4.70. The molecule has 0 bridgehead atoms. The van der Waals surface area contributed by atoms with Crippen LogP contribution in [0.5, 0.6) is 0 Å². The van der Waals surface area contributed by atoms with Crippen LogP contribution in [0.3, 0.4) is 0 Å². The van der Waals surface area contributed by atoms with Gasteiger partial charge in [-0.2, -0.15) is 52.7 Å². The molecule has 0 saturated carbocycles. The minimum atomic E-state index is -5.34. The quantitative estimate of drug-likeness (QED) is 0.362. The normalized spacial score (nSPS) is 19.8. The highest BCUT2D eigenvalue weighted by molar-refractivity contribution is 5.67. The van der Waals surface area contributed by atoms with Gasteiger partial charge in [0.15, 0.2) is 0 Å². The lowest BCUT2D eigenvalue weighted by Gasteiger charge is -2.41. The summed E-state index contributed by atoms with van der Waals surface area (Å²) in [6.07, 6.45) is -21.6. The Labute approximate surface area is 213 Å². The van der Waals surface area contributed by atoms with Crippen LogP contribution >= 0.6 is 0 Å². The molecule has 1 aliphatic rings. The molecule has 0 radical (unpaired) electrons. The Morgan fingerprint density at radius 1 is 0.769 bits per heavy atom. The molecule has 3 nitrogen and oxygen atoms in total. The van der Waals surface area contributed by atoms with Crippen molar-refractivity contribution in [2.45, 2.75) is 56.6 Å². The van der Waals surface area contributed by atoms with Gasteiger partial charge in [-0.1, -0.05) is 6.07 Å². The van der Waals surface area contributed by atoms with Crippen molar-refractivity contribution in [3.8, 4) is 0 Å². The first kappa shape index (κ1) is 30.6. The Balaban J connectivity index is 2.15. The number of nitrogens with zero attached hydrogens (tertiary/aromatic N) is 1. The molecule has 2 aromatic carbocycles. The van der Waals surface area contributed by atoms with Crippen LogP contribution in [0.4, 0.5) is 52.7 Å². The molecule has 0 aromatic heterocycles. The summed E-state index contributed by atoms with van der Waals surface area (Å²) >= 11 is 0. The molecule has 1 saturated heterocycles. The van der Waals surface area contributed by atoms with Crippen LogP contribution in [0.15, 0.2) is 36.4 Å². The zero-order valence-electron chi connectivity index (χ0n) is 19.5.